The summed E-state index contributed by atoms with van der Waals surface area (Å²) in [7, 11) is 0. The molecule has 3 aromatic carbocycles. The third kappa shape index (κ3) is 9.83. The van der Waals surface area contributed by atoms with Crippen molar-refractivity contribution in [2.45, 2.75) is 44.4 Å². The Morgan fingerprint density at radius 2 is 1.47 bits per heavy atom. The van der Waals surface area contributed by atoms with Crippen LogP contribution in [-0.4, -0.2) is 38.8 Å². The zero-order valence-electron chi connectivity index (χ0n) is 21.0. The molecule has 1 N–H and O–H groups in total. The summed E-state index contributed by atoms with van der Waals surface area (Å²) in [6.07, 6.45) is -3.01. The van der Waals surface area contributed by atoms with Crippen LogP contribution in [-0.2, 0) is 22.7 Å². The molecule has 2 atom stereocenters. The van der Waals surface area contributed by atoms with Crippen LogP contribution >= 0.6 is 12.4 Å². The van der Waals surface area contributed by atoms with Crippen molar-refractivity contribution < 1.29 is 32.1 Å². The monoisotopic (exact) mass is 551 g/mol. The Kier molecular flexibility index (Phi) is 11.7. The molecule has 1 saturated heterocycles. The van der Waals surface area contributed by atoms with Gasteiger partial charge in [0, 0.05) is 18.9 Å². The fraction of sp³-hybridized carbons (Fsp3) is 0.379. The minimum atomic E-state index is -4.70. The van der Waals surface area contributed by atoms with Crippen molar-refractivity contribution in [3.63, 3.8) is 0 Å². The van der Waals surface area contributed by atoms with E-state index in [0.717, 1.165) is 36.3 Å². The lowest BCUT2D eigenvalue weighted by Gasteiger charge is -2.32. The maximum atomic E-state index is 12.4. The van der Waals surface area contributed by atoms with Gasteiger partial charge in [0.1, 0.15) is 11.5 Å². The van der Waals surface area contributed by atoms with Crippen molar-refractivity contribution in [3.05, 3.63) is 95.6 Å². The highest BCUT2D eigenvalue weighted by atomic mass is 35.5. The second-order valence-electron chi connectivity index (χ2n) is 8.95. The number of hydrogen-bond acceptors (Lipinski definition) is 5. The molecule has 0 bridgehead atoms. The molecule has 1 aliphatic rings. The molecular formula is C29H33ClF3NO4. The van der Waals surface area contributed by atoms with E-state index in [4.69, 9.17) is 14.2 Å². The number of benzene rings is 3. The first-order valence-electron chi connectivity index (χ1n) is 12.5. The maximum absolute atomic E-state index is 12.4. The van der Waals surface area contributed by atoms with E-state index in [2.05, 4.69) is 22.2 Å². The summed E-state index contributed by atoms with van der Waals surface area (Å²) in [5, 5.41) is 3.37. The maximum Gasteiger partial charge on any atom is 0.573 e. The van der Waals surface area contributed by atoms with Gasteiger partial charge < -0.3 is 24.3 Å². The Balaban J connectivity index is 0.00000400. The van der Waals surface area contributed by atoms with Crippen LogP contribution in [0.25, 0.3) is 0 Å². The quantitative estimate of drug-likeness (QED) is 0.255. The first kappa shape index (κ1) is 29.8. The summed E-state index contributed by atoms with van der Waals surface area (Å²) >= 11 is 0. The summed E-state index contributed by atoms with van der Waals surface area (Å²) in [4.78, 5) is 0. The normalized spacial score (nSPS) is 17.4. The van der Waals surface area contributed by atoms with Gasteiger partial charge in [0.2, 0.25) is 0 Å². The largest absolute Gasteiger partial charge is 0.573 e. The van der Waals surface area contributed by atoms with Gasteiger partial charge in [-0.25, -0.2) is 0 Å². The van der Waals surface area contributed by atoms with Gasteiger partial charge in [0.25, 0.3) is 0 Å². The van der Waals surface area contributed by atoms with Gasteiger partial charge in [-0.2, -0.15) is 0 Å². The molecule has 5 nitrogen and oxygen atoms in total. The lowest BCUT2D eigenvalue weighted by Crippen LogP contribution is -2.40. The van der Waals surface area contributed by atoms with E-state index in [1.807, 2.05) is 42.5 Å². The van der Waals surface area contributed by atoms with Gasteiger partial charge in [0.05, 0.1) is 32.5 Å². The molecule has 1 aliphatic heterocycles. The van der Waals surface area contributed by atoms with Crippen molar-refractivity contribution in [1.82, 2.24) is 5.32 Å². The predicted octanol–water partition coefficient (Wildman–Crippen LogP) is 6.66. The summed E-state index contributed by atoms with van der Waals surface area (Å²) in [5.41, 5.74) is 3.13. The smallest absolute Gasteiger partial charge is 0.494 e. The van der Waals surface area contributed by atoms with Crippen LogP contribution in [0.5, 0.6) is 11.5 Å². The van der Waals surface area contributed by atoms with Gasteiger partial charge >= 0.3 is 6.36 Å². The van der Waals surface area contributed by atoms with Crippen LogP contribution < -0.4 is 14.8 Å². The van der Waals surface area contributed by atoms with Crippen LogP contribution in [0.1, 0.15) is 35.4 Å². The number of ether oxygens (including phenoxy) is 4. The number of alkyl halides is 3. The molecule has 0 amide bonds. The number of piperidine rings is 1. The summed E-state index contributed by atoms with van der Waals surface area (Å²) in [6.45, 7) is 3.74. The molecule has 1 heterocycles. The molecule has 2 unspecified atom stereocenters. The molecule has 0 aliphatic carbocycles. The zero-order chi connectivity index (χ0) is 25.9. The predicted molar refractivity (Wildman–Crippen MR) is 142 cm³/mol. The van der Waals surface area contributed by atoms with Crippen molar-refractivity contribution in [2.75, 3.05) is 26.3 Å². The fourth-order valence-corrected chi connectivity index (χ4v) is 4.30. The topological polar surface area (TPSA) is 49.0 Å². The van der Waals surface area contributed by atoms with E-state index in [-0.39, 0.29) is 30.2 Å². The van der Waals surface area contributed by atoms with Crippen LogP contribution in [0.15, 0.2) is 78.9 Å². The molecule has 9 heteroatoms. The Hall–Kier alpha value is -2.78. The second kappa shape index (κ2) is 15.0. The molecular weight excluding hydrogens is 519 g/mol. The standard InChI is InChI=1S/C29H32F3NO4.ClH/c30-29(31,32)37-26-11-7-23(8-12-26)21-36-28-19-33-16-15-27(28)24-9-13-25(14-10-24)35-18-4-17-34-20-22-5-2-1-3-6-22;/h1-3,5-14,27-28,33H,4,15-21H2;1H. The molecule has 4 rings (SSSR count). The summed E-state index contributed by atoms with van der Waals surface area (Å²) < 4.78 is 58.7. The van der Waals surface area contributed by atoms with Crippen LogP contribution in [0, 0.1) is 0 Å². The molecule has 0 saturated carbocycles. The molecule has 0 spiro atoms. The third-order valence-electron chi connectivity index (χ3n) is 6.17. The van der Waals surface area contributed by atoms with E-state index < -0.39 is 6.36 Å². The zero-order valence-corrected chi connectivity index (χ0v) is 21.8. The highest BCUT2D eigenvalue weighted by Gasteiger charge is 2.31. The molecule has 206 valence electrons. The van der Waals surface area contributed by atoms with E-state index in [9.17, 15) is 13.2 Å². The average molecular weight is 552 g/mol. The molecule has 3 aromatic rings. The second-order valence-corrected chi connectivity index (χ2v) is 8.95. The Bertz CT molecular complexity index is 1070. The van der Waals surface area contributed by atoms with Gasteiger partial charge in [-0.15, -0.1) is 25.6 Å². The van der Waals surface area contributed by atoms with Crippen LogP contribution in [0.4, 0.5) is 13.2 Å². The fourth-order valence-electron chi connectivity index (χ4n) is 4.30. The first-order valence-corrected chi connectivity index (χ1v) is 12.5. The lowest BCUT2D eigenvalue weighted by molar-refractivity contribution is -0.274. The minimum absolute atomic E-state index is 0. The Morgan fingerprint density at radius 3 is 2.18 bits per heavy atom. The summed E-state index contributed by atoms with van der Waals surface area (Å²) in [5.74, 6) is 0.796. The van der Waals surface area contributed by atoms with Gasteiger partial charge in [-0.3, -0.25) is 0 Å². The van der Waals surface area contributed by atoms with Gasteiger partial charge in [0.15, 0.2) is 0 Å². The molecule has 0 aromatic heterocycles. The highest BCUT2D eigenvalue weighted by molar-refractivity contribution is 5.85. The van der Waals surface area contributed by atoms with Gasteiger partial charge in [-0.05, 0) is 53.9 Å². The SMILES string of the molecule is Cl.FC(F)(F)Oc1ccc(COC2CNCCC2c2ccc(OCCCOCc3ccccc3)cc2)cc1. The number of rotatable bonds is 12. The third-order valence-corrected chi connectivity index (χ3v) is 6.17. The van der Waals surface area contributed by atoms with E-state index >= 15 is 0 Å². The Labute approximate surface area is 227 Å². The molecule has 0 radical (unpaired) electrons. The highest BCUT2D eigenvalue weighted by Crippen LogP contribution is 2.30. The van der Waals surface area contributed by atoms with E-state index in [1.165, 1.54) is 17.7 Å². The average Bonchev–Trinajstić information content (AvgIpc) is 2.90. The molecule has 1 fully saturated rings. The lowest BCUT2D eigenvalue weighted by atomic mass is 9.87. The van der Waals surface area contributed by atoms with Gasteiger partial charge in [-0.1, -0.05) is 54.6 Å². The first-order chi connectivity index (χ1) is 18.0. The van der Waals surface area contributed by atoms with E-state index in [0.29, 0.717) is 33.0 Å². The number of nitrogens with one attached hydrogen (secondary N) is 1. The molecule has 38 heavy (non-hydrogen) atoms. The van der Waals surface area contributed by atoms with Crippen molar-refractivity contribution >= 4 is 12.4 Å². The van der Waals surface area contributed by atoms with Crippen molar-refractivity contribution in [1.29, 1.82) is 0 Å². The summed E-state index contributed by atoms with van der Waals surface area (Å²) in [6, 6.07) is 24.0. The van der Waals surface area contributed by atoms with Crippen LogP contribution in [0.2, 0.25) is 0 Å². The van der Waals surface area contributed by atoms with Crippen molar-refractivity contribution in [2.24, 2.45) is 0 Å². The minimum Gasteiger partial charge on any atom is -0.494 e. The van der Waals surface area contributed by atoms with Crippen LogP contribution in [0.3, 0.4) is 0 Å². The van der Waals surface area contributed by atoms with Crippen molar-refractivity contribution in [3.8, 4) is 11.5 Å². The van der Waals surface area contributed by atoms with E-state index in [1.54, 1.807) is 12.1 Å². The number of hydrogen-bond donors (Lipinski definition) is 1. The number of halogens is 4. The Morgan fingerprint density at radius 1 is 0.789 bits per heavy atom.